The van der Waals surface area contributed by atoms with Gasteiger partial charge < -0.3 is 5.32 Å². The molecule has 0 aromatic heterocycles. The van der Waals surface area contributed by atoms with E-state index in [1.807, 2.05) is 13.0 Å². The first-order valence-electron chi connectivity index (χ1n) is 5.99. The summed E-state index contributed by atoms with van der Waals surface area (Å²) in [6.45, 7) is 2.39. The van der Waals surface area contributed by atoms with E-state index >= 15 is 0 Å². The summed E-state index contributed by atoms with van der Waals surface area (Å²) < 4.78 is 27.2. The molecular formula is C15H14BrF2N. The van der Waals surface area contributed by atoms with E-state index in [0.717, 1.165) is 10.0 Å². The van der Waals surface area contributed by atoms with Gasteiger partial charge in [0, 0.05) is 22.6 Å². The topological polar surface area (TPSA) is 12.0 Å². The molecule has 1 nitrogen and oxygen atoms in total. The minimum Gasteiger partial charge on any atom is -0.306 e. The lowest BCUT2D eigenvalue weighted by molar-refractivity contribution is 0.542. The molecule has 2 aromatic carbocycles. The van der Waals surface area contributed by atoms with Crippen molar-refractivity contribution < 1.29 is 8.78 Å². The van der Waals surface area contributed by atoms with Crippen LogP contribution in [0, 0.1) is 11.6 Å². The Bertz CT molecular complexity index is 555. The lowest BCUT2D eigenvalue weighted by atomic mass is 10.1. The van der Waals surface area contributed by atoms with Gasteiger partial charge in [-0.2, -0.15) is 0 Å². The molecule has 19 heavy (non-hydrogen) atoms. The maximum Gasteiger partial charge on any atom is 0.128 e. The number of halogens is 3. The second kappa shape index (κ2) is 6.26. The zero-order valence-corrected chi connectivity index (χ0v) is 12.0. The van der Waals surface area contributed by atoms with Gasteiger partial charge in [-0.15, -0.1) is 0 Å². The zero-order chi connectivity index (χ0) is 13.8. The summed E-state index contributed by atoms with van der Waals surface area (Å²) in [5, 5.41) is 3.22. The van der Waals surface area contributed by atoms with Crippen LogP contribution in [-0.4, -0.2) is 0 Å². The predicted molar refractivity (Wildman–Crippen MR) is 75.8 cm³/mol. The molecule has 0 fully saturated rings. The van der Waals surface area contributed by atoms with Crippen molar-refractivity contribution in [2.24, 2.45) is 0 Å². The molecule has 1 N–H and O–H groups in total. The van der Waals surface area contributed by atoms with E-state index in [0.29, 0.717) is 12.1 Å². The highest BCUT2D eigenvalue weighted by Crippen LogP contribution is 2.17. The molecule has 0 saturated carbocycles. The Hall–Kier alpha value is -1.26. The Morgan fingerprint density at radius 2 is 1.79 bits per heavy atom. The first-order valence-corrected chi connectivity index (χ1v) is 6.78. The molecule has 0 aliphatic carbocycles. The molecule has 0 aliphatic rings. The van der Waals surface area contributed by atoms with Crippen molar-refractivity contribution in [3.8, 4) is 0 Å². The van der Waals surface area contributed by atoms with E-state index in [4.69, 9.17) is 0 Å². The Balaban J connectivity index is 2.00. The SMILES string of the molecule is C[C@@H](NCc1ccc(Br)cc1F)c1ccc(F)cc1. The van der Waals surface area contributed by atoms with Gasteiger partial charge in [0.1, 0.15) is 11.6 Å². The van der Waals surface area contributed by atoms with Crippen molar-refractivity contribution in [3.05, 3.63) is 69.7 Å². The van der Waals surface area contributed by atoms with Crippen molar-refractivity contribution in [1.29, 1.82) is 0 Å². The third kappa shape index (κ3) is 3.85. The summed E-state index contributed by atoms with van der Waals surface area (Å²) in [5.41, 5.74) is 1.58. The lowest BCUT2D eigenvalue weighted by Crippen LogP contribution is -2.18. The minimum atomic E-state index is -0.255. The van der Waals surface area contributed by atoms with Crippen LogP contribution in [0.5, 0.6) is 0 Å². The van der Waals surface area contributed by atoms with E-state index in [1.165, 1.54) is 18.2 Å². The maximum atomic E-state index is 13.6. The molecule has 0 spiro atoms. The summed E-state index contributed by atoms with van der Waals surface area (Å²) in [5.74, 6) is -0.497. The molecule has 0 saturated heterocycles. The van der Waals surface area contributed by atoms with Gasteiger partial charge in [0.25, 0.3) is 0 Å². The lowest BCUT2D eigenvalue weighted by Gasteiger charge is -2.14. The average Bonchev–Trinajstić information content (AvgIpc) is 2.38. The van der Waals surface area contributed by atoms with E-state index in [2.05, 4.69) is 21.2 Å². The monoisotopic (exact) mass is 325 g/mol. The molecule has 4 heteroatoms. The Morgan fingerprint density at radius 3 is 2.42 bits per heavy atom. The van der Waals surface area contributed by atoms with Crippen LogP contribution < -0.4 is 5.32 Å². The van der Waals surface area contributed by atoms with Gasteiger partial charge in [0.15, 0.2) is 0 Å². The van der Waals surface area contributed by atoms with Crippen molar-refractivity contribution in [2.45, 2.75) is 19.5 Å². The summed E-state index contributed by atoms with van der Waals surface area (Å²) in [4.78, 5) is 0. The van der Waals surface area contributed by atoms with Crippen LogP contribution in [0.4, 0.5) is 8.78 Å². The second-order valence-corrected chi connectivity index (χ2v) is 5.31. The average molecular weight is 326 g/mol. The molecule has 0 bridgehead atoms. The fraction of sp³-hybridized carbons (Fsp3) is 0.200. The molecule has 2 aromatic rings. The molecule has 1 atom stereocenters. The van der Waals surface area contributed by atoms with Gasteiger partial charge in [-0.3, -0.25) is 0 Å². The quantitative estimate of drug-likeness (QED) is 0.867. The molecule has 0 unspecified atom stereocenters. The molecule has 100 valence electrons. The fourth-order valence-corrected chi connectivity index (χ4v) is 2.13. The zero-order valence-electron chi connectivity index (χ0n) is 10.5. The van der Waals surface area contributed by atoms with Gasteiger partial charge >= 0.3 is 0 Å². The third-order valence-electron chi connectivity index (χ3n) is 2.98. The van der Waals surface area contributed by atoms with Gasteiger partial charge in [0.2, 0.25) is 0 Å². The fourth-order valence-electron chi connectivity index (χ4n) is 1.80. The highest BCUT2D eigenvalue weighted by Gasteiger charge is 2.07. The standard InChI is InChI=1S/C15H14BrF2N/c1-10(11-3-6-14(17)7-4-11)19-9-12-2-5-13(16)8-15(12)18/h2-8,10,19H,9H2,1H3/t10-/m1/s1. The van der Waals surface area contributed by atoms with E-state index < -0.39 is 0 Å². The summed E-state index contributed by atoms with van der Waals surface area (Å²) in [6.07, 6.45) is 0. The number of benzene rings is 2. The molecule has 0 aliphatic heterocycles. The largest absolute Gasteiger partial charge is 0.306 e. The maximum absolute atomic E-state index is 13.6. The van der Waals surface area contributed by atoms with Crippen molar-refractivity contribution >= 4 is 15.9 Å². The molecule has 0 radical (unpaired) electrons. The minimum absolute atomic E-state index is 0.0312. The number of hydrogen-bond acceptors (Lipinski definition) is 1. The van der Waals surface area contributed by atoms with Gasteiger partial charge in [0.05, 0.1) is 0 Å². The molecule has 0 heterocycles. The third-order valence-corrected chi connectivity index (χ3v) is 3.48. The van der Waals surface area contributed by atoms with Crippen molar-refractivity contribution in [3.63, 3.8) is 0 Å². The van der Waals surface area contributed by atoms with Crippen molar-refractivity contribution in [2.75, 3.05) is 0 Å². The summed E-state index contributed by atoms with van der Waals surface area (Å²) in [6, 6.07) is 11.3. The van der Waals surface area contributed by atoms with Crippen LogP contribution in [0.1, 0.15) is 24.1 Å². The normalized spacial score (nSPS) is 12.4. The number of hydrogen-bond donors (Lipinski definition) is 1. The first kappa shape index (κ1) is 14.2. The van der Waals surface area contributed by atoms with E-state index in [9.17, 15) is 8.78 Å². The second-order valence-electron chi connectivity index (χ2n) is 4.39. The highest BCUT2D eigenvalue weighted by molar-refractivity contribution is 9.10. The Kier molecular flexibility index (Phi) is 4.66. The van der Waals surface area contributed by atoms with E-state index in [-0.39, 0.29) is 17.7 Å². The van der Waals surface area contributed by atoms with Crippen molar-refractivity contribution in [1.82, 2.24) is 5.32 Å². The van der Waals surface area contributed by atoms with Crippen LogP contribution in [0.25, 0.3) is 0 Å². The van der Waals surface area contributed by atoms with E-state index in [1.54, 1.807) is 18.2 Å². The highest BCUT2D eigenvalue weighted by atomic mass is 79.9. The Labute approximate surface area is 119 Å². The molecular weight excluding hydrogens is 312 g/mol. The van der Waals surface area contributed by atoms with Crippen LogP contribution in [0.15, 0.2) is 46.9 Å². The smallest absolute Gasteiger partial charge is 0.128 e. The van der Waals surface area contributed by atoms with Crippen LogP contribution >= 0.6 is 15.9 Å². The van der Waals surface area contributed by atoms with Gasteiger partial charge in [-0.1, -0.05) is 34.1 Å². The summed E-state index contributed by atoms with van der Waals surface area (Å²) >= 11 is 3.22. The van der Waals surface area contributed by atoms with Crippen LogP contribution in [-0.2, 0) is 6.54 Å². The Morgan fingerprint density at radius 1 is 1.11 bits per heavy atom. The van der Waals surface area contributed by atoms with Crippen LogP contribution in [0.2, 0.25) is 0 Å². The van der Waals surface area contributed by atoms with Gasteiger partial charge in [-0.25, -0.2) is 8.78 Å². The first-order chi connectivity index (χ1) is 9.06. The van der Waals surface area contributed by atoms with Crippen LogP contribution in [0.3, 0.4) is 0 Å². The molecule has 2 rings (SSSR count). The van der Waals surface area contributed by atoms with Gasteiger partial charge in [-0.05, 0) is 36.8 Å². The molecule has 0 amide bonds. The number of rotatable bonds is 4. The number of nitrogens with one attached hydrogen (secondary N) is 1. The summed E-state index contributed by atoms with van der Waals surface area (Å²) in [7, 11) is 0. The predicted octanol–water partition coefficient (Wildman–Crippen LogP) is 4.58.